The van der Waals surface area contributed by atoms with E-state index in [9.17, 15) is 8.42 Å². The molecule has 1 aliphatic carbocycles. The minimum Gasteiger partial charge on any atom is -0.374 e. The number of aryl methyl sites for hydroxylation is 1. The monoisotopic (exact) mass is 419 g/mol. The molecule has 8 nitrogen and oxygen atoms in total. The van der Waals surface area contributed by atoms with Crippen LogP contribution in [0.1, 0.15) is 41.5 Å². The molecule has 0 saturated heterocycles. The Morgan fingerprint density at radius 1 is 1.28 bits per heavy atom. The molecular weight excluding hydrogens is 390 g/mol. The van der Waals surface area contributed by atoms with Crippen LogP contribution in [-0.2, 0) is 34.6 Å². The number of nitrogens with zero attached hydrogens (tertiary/aromatic N) is 5. The molecule has 2 aromatic heterocycles. The van der Waals surface area contributed by atoms with Crippen molar-refractivity contribution in [3.63, 3.8) is 0 Å². The Balaban J connectivity index is 1.53. The number of fused-ring (bicyclic) bond motifs is 1. The van der Waals surface area contributed by atoms with Gasteiger partial charge in [0.2, 0.25) is 0 Å². The second kappa shape index (κ2) is 8.14. The Morgan fingerprint density at radius 3 is 2.76 bits per heavy atom. The number of hydrogen-bond acceptors (Lipinski definition) is 5. The predicted molar refractivity (Wildman–Crippen MR) is 109 cm³/mol. The van der Waals surface area contributed by atoms with Crippen LogP contribution < -0.4 is 0 Å². The normalized spacial score (nSPS) is 20.2. The maximum absolute atomic E-state index is 12.7. The first-order valence-corrected chi connectivity index (χ1v) is 11.5. The van der Waals surface area contributed by atoms with Crippen LogP contribution in [0.5, 0.6) is 0 Å². The maximum atomic E-state index is 12.7. The minimum absolute atomic E-state index is 0.0560. The lowest BCUT2D eigenvalue weighted by molar-refractivity contribution is 0.0928. The Hall–Kier alpha value is -1.81. The Bertz CT molecular complexity index is 968. The number of aromatic nitrogens is 3. The smallest absolute Gasteiger partial charge is 0.281 e. The van der Waals surface area contributed by atoms with E-state index in [2.05, 4.69) is 14.5 Å². The van der Waals surface area contributed by atoms with Crippen LogP contribution in [0.4, 0.5) is 0 Å². The van der Waals surface area contributed by atoms with Crippen LogP contribution in [0.2, 0.25) is 0 Å². The highest BCUT2D eigenvalue weighted by atomic mass is 32.2. The molecule has 9 heteroatoms. The standard InChI is InChI=1S/C20H29N5O3S/c1-15-5-4-6-18(22-15)13-28-12-17-10-25(29(26,27)23(2)3)11-19-20(17)24(14-21-19)9-16-7-8-16/h4-6,14,16-17H,7-13H2,1-3H3. The first-order valence-electron chi connectivity index (χ1n) is 10.1. The number of pyridine rings is 1. The van der Waals surface area contributed by atoms with Gasteiger partial charge in [-0.2, -0.15) is 17.0 Å². The van der Waals surface area contributed by atoms with Crippen molar-refractivity contribution in [2.24, 2.45) is 5.92 Å². The van der Waals surface area contributed by atoms with Crippen molar-refractivity contribution in [1.29, 1.82) is 0 Å². The van der Waals surface area contributed by atoms with Crippen LogP contribution in [0.25, 0.3) is 0 Å². The molecule has 0 radical (unpaired) electrons. The van der Waals surface area contributed by atoms with Gasteiger partial charge in [0.05, 0.1) is 37.5 Å². The quantitative estimate of drug-likeness (QED) is 0.653. The summed E-state index contributed by atoms with van der Waals surface area (Å²) in [5.41, 5.74) is 3.80. The lowest BCUT2D eigenvalue weighted by atomic mass is 10.0. The highest BCUT2D eigenvalue weighted by Crippen LogP contribution is 2.35. The van der Waals surface area contributed by atoms with Gasteiger partial charge in [0.25, 0.3) is 10.2 Å². The van der Waals surface area contributed by atoms with Crippen molar-refractivity contribution < 1.29 is 13.2 Å². The lowest BCUT2D eigenvalue weighted by Gasteiger charge is -2.33. The summed E-state index contributed by atoms with van der Waals surface area (Å²) in [5.74, 6) is 0.662. The van der Waals surface area contributed by atoms with E-state index in [1.807, 2.05) is 31.5 Å². The average molecular weight is 420 g/mol. The molecule has 158 valence electrons. The molecule has 1 aliphatic heterocycles. The molecule has 1 atom stereocenters. The van der Waals surface area contributed by atoms with Crippen molar-refractivity contribution in [3.05, 3.63) is 47.3 Å². The van der Waals surface area contributed by atoms with Gasteiger partial charge in [0.15, 0.2) is 0 Å². The molecular formula is C20H29N5O3S. The molecule has 3 heterocycles. The summed E-state index contributed by atoms with van der Waals surface area (Å²) in [6.07, 6.45) is 4.38. The summed E-state index contributed by atoms with van der Waals surface area (Å²) in [6, 6.07) is 5.87. The number of hydrogen-bond donors (Lipinski definition) is 0. The number of ether oxygens (including phenoxy) is 1. The molecule has 0 spiro atoms. The van der Waals surface area contributed by atoms with Crippen LogP contribution in [-0.4, -0.2) is 58.8 Å². The van der Waals surface area contributed by atoms with Gasteiger partial charge in [0.1, 0.15) is 0 Å². The van der Waals surface area contributed by atoms with Crippen molar-refractivity contribution in [2.75, 3.05) is 27.2 Å². The van der Waals surface area contributed by atoms with E-state index < -0.39 is 10.2 Å². The Kier molecular flexibility index (Phi) is 5.74. The highest BCUT2D eigenvalue weighted by molar-refractivity contribution is 7.86. The maximum Gasteiger partial charge on any atom is 0.281 e. The summed E-state index contributed by atoms with van der Waals surface area (Å²) < 4.78 is 36.4. The summed E-state index contributed by atoms with van der Waals surface area (Å²) in [4.78, 5) is 9.04. The van der Waals surface area contributed by atoms with Gasteiger partial charge in [-0.25, -0.2) is 4.98 Å². The van der Waals surface area contributed by atoms with Crippen LogP contribution in [0, 0.1) is 12.8 Å². The second-order valence-corrected chi connectivity index (χ2v) is 10.4. The predicted octanol–water partition coefficient (Wildman–Crippen LogP) is 1.92. The zero-order chi connectivity index (χ0) is 20.6. The minimum atomic E-state index is -3.51. The average Bonchev–Trinajstić information content (AvgIpc) is 3.40. The van der Waals surface area contributed by atoms with E-state index in [-0.39, 0.29) is 5.92 Å². The first-order chi connectivity index (χ1) is 13.8. The molecule has 0 bridgehead atoms. The zero-order valence-electron chi connectivity index (χ0n) is 17.3. The lowest BCUT2D eigenvalue weighted by Crippen LogP contribution is -2.45. The van der Waals surface area contributed by atoms with E-state index in [4.69, 9.17) is 4.74 Å². The largest absolute Gasteiger partial charge is 0.374 e. The van der Waals surface area contributed by atoms with E-state index in [0.717, 1.165) is 35.2 Å². The van der Waals surface area contributed by atoms with E-state index in [1.54, 1.807) is 14.1 Å². The van der Waals surface area contributed by atoms with Crippen molar-refractivity contribution in [3.8, 4) is 0 Å². The Labute approximate surface area is 172 Å². The molecule has 4 rings (SSSR count). The summed E-state index contributed by atoms with van der Waals surface area (Å²) >= 11 is 0. The van der Waals surface area contributed by atoms with Crippen LogP contribution >= 0.6 is 0 Å². The fourth-order valence-electron chi connectivity index (χ4n) is 3.84. The SMILES string of the molecule is Cc1cccc(COCC2CN(S(=O)(=O)N(C)C)Cc3ncn(CC4CC4)c32)n1. The van der Waals surface area contributed by atoms with Gasteiger partial charge < -0.3 is 9.30 Å². The van der Waals surface area contributed by atoms with Crippen molar-refractivity contribution in [2.45, 2.75) is 45.4 Å². The van der Waals surface area contributed by atoms with E-state index >= 15 is 0 Å². The van der Waals surface area contributed by atoms with Gasteiger partial charge >= 0.3 is 0 Å². The second-order valence-electron chi connectivity index (χ2n) is 8.24. The zero-order valence-corrected chi connectivity index (χ0v) is 18.1. The van der Waals surface area contributed by atoms with Crippen molar-refractivity contribution in [1.82, 2.24) is 23.1 Å². The third kappa shape index (κ3) is 4.53. The van der Waals surface area contributed by atoms with Gasteiger partial charge in [-0.3, -0.25) is 4.98 Å². The molecule has 0 amide bonds. The summed E-state index contributed by atoms with van der Waals surface area (Å²) in [6.45, 7) is 4.45. The molecule has 2 aliphatic rings. The molecule has 1 unspecified atom stereocenters. The van der Waals surface area contributed by atoms with E-state index in [1.165, 1.54) is 21.5 Å². The Morgan fingerprint density at radius 2 is 2.07 bits per heavy atom. The third-order valence-corrected chi connectivity index (χ3v) is 7.40. The molecule has 1 saturated carbocycles. The van der Waals surface area contributed by atoms with Gasteiger partial charge in [-0.1, -0.05) is 6.07 Å². The molecule has 0 N–H and O–H groups in total. The molecule has 1 fully saturated rings. The van der Waals surface area contributed by atoms with Gasteiger partial charge in [-0.05, 0) is 37.8 Å². The number of imidazole rings is 1. The first kappa shape index (κ1) is 20.5. The molecule has 29 heavy (non-hydrogen) atoms. The number of rotatable bonds is 8. The summed E-state index contributed by atoms with van der Waals surface area (Å²) in [7, 11) is -0.388. The van der Waals surface area contributed by atoms with Crippen LogP contribution in [0.3, 0.4) is 0 Å². The summed E-state index contributed by atoms with van der Waals surface area (Å²) in [5, 5.41) is 0. The molecule has 0 aromatic carbocycles. The molecule has 2 aromatic rings. The topological polar surface area (TPSA) is 80.6 Å². The fourth-order valence-corrected chi connectivity index (χ4v) is 4.95. The van der Waals surface area contributed by atoms with Gasteiger partial charge in [-0.15, -0.1) is 0 Å². The van der Waals surface area contributed by atoms with Crippen molar-refractivity contribution >= 4 is 10.2 Å². The van der Waals surface area contributed by atoms with Gasteiger partial charge in [0, 0.05) is 44.5 Å². The van der Waals surface area contributed by atoms with Crippen LogP contribution in [0.15, 0.2) is 24.5 Å². The fraction of sp³-hybridized carbons (Fsp3) is 0.600. The third-order valence-electron chi connectivity index (χ3n) is 5.55. The highest BCUT2D eigenvalue weighted by Gasteiger charge is 2.37. The van der Waals surface area contributed by atoms with E-state index in [0.29, 0.717) is 26.3 Å².